The third kappa shape index (κ3) is 4.28. The van der Waals surface area contributed by atoms with Crippen molar-refractivity contribution in [2.24, 2.45) is 0 Å². The van der Waals surface area contributed by atoms with Gasteiger partial charge in [-0.3, -0.25) is 9.10 Å². The van der Waals surface area contributed by atoms with E-state index in [1.807, 2.05) is 25.9 Å². The highest BCUT2D eigenvalue weighted by atomic mass is 32.2. The zero-order valence-electron chi connectivity index (χ0n) is 16.3. The molecule has 2 aromatic rings. The second kappa shape index (κ2) is 8.20. The fourth-order valence-corrected chi connectivity index (χ4v) is 4.40. The first-order chi connectivity index (χ1) is 13.3. The first-order valence-electron chi connectivity index (χ1n) is 9.06. The summed E-state index contributed by atoms with van der Waals surface area (Å²) in [5.74, 6) is 0.0395. The van der Waals surface area contributed by atoms with E-state index >= 15 is 0 Å². The number of nitrogens with one attached hydrogen (secondary N) is 1. The highest BCUT2D eigenvalue weighted by molar-refractivity contribution is 7.92. The lowest BCUT2D eigenvalue weighted by Gasteiger charge is -2.34. The fraction of sp³-hybridized carbons (Fsp3) is 0.350. The summed E-state index contributed by atoms with van der Waals surface area (Å²) in [4.78, 5) is 14.7. The molecule has 0 spiro atoms. The first kappa shape index (κ1) is 20.2. The standard InChI is InChI=1S/C20H25N3O4S/c1-15-8-10-16(11-9-15)28(25,26)23-14-19(20(24)21-12-13-22(2)3)27-18-7-5-4-6-17(18)23/h4-11,19H,12-14H2,1-3H3,(H,21,24)/t19-/m1/s1. The van der Waals surface area contributed by atoms with E-state index in [1.165, 1.54) is 4.31 Å². The first-order valence-corrected chi connectivity index (χ1v) is 10.5. The van der Waals surface area contributed by atoms with Crippen LogP contribution < -0.4 is 14.4 Å². The van der Waals surface area contributed by atoms with Crippen molar-refractivity contribution in [2.75, 3.05) is 38.0 Å². The van der Waals surface area contributed by atoms with Gasteiger partial charge in [0, 0.05) is 13.1 Å². The molecule has 1 atom stereocenters. The number of carbonyl (C=O) groups is 1. The highest BCUT2D eigenvalue weighted by Gasteiger charge is 2.37. The van der Waals surface area contributed by atoms with Gasteiger partial charge in [0.05, 0.1) is 17.1 Å². The van der Waals surface area contributed by atoms with Gasteiger partial charge >= 0.3 is 0 Å². The Morgan fingerprint density at radius 2 is 1.86 bits per heavy atom. The number of fused-ring (bicyclic) bond motifs is 1. The minimum absolute atomic E-state index is 0.0823. The summed E-state index contributed by atoms with van der Waals surface area (Å²) >= 11 is 0. The molecule has 0 bridgehead atoms. The Hall–Kier alpha value is -2.58. The molecule has 0 unspecified atom stereocenters. The van der Waals surface area contributed by atoms with Crippen molar-refractivity contribution in [1.82, 2.24) is 10.2 Å². The van der Waals surface area contributed by atoms with Gasteiger partial charge < -0.3 is 15.0 Å². The summed E-state index contributed by atoms with van der Waals surface area (Å²) in [7, 11) is -0.00328. The van der Waals surface area contributed by atoms with E-state index in [9.17, 15) is 13.2 Å². The average molecular weight is 404 g/mol. The predicted octanol–water partition coefficient (Wildman–Crippen LogP) is 1.63. The van der Waals surface area contributed by atoms with Gasteiger partial charge in [-0.2, -0.15) is 0 Å². The Labute approximate surface area is 166 Å². The van der Waals surface area contributed by atoms with Gasteiger partial charge in [0.1, 0.15) is 5.75 Å². The van der Waals surface area contributed by atoms with E-state index in [1.54, 1.807) is 48.5 Å². The Morgan fingerprint density at radius 1 is 1.18 bits per heavy atom. The number of sulfonamides is 1. The lowest BCUT2D eigenvalue weighted by molar-refractivity contribution is -0.127. The fourth-order valence-electron chi connectivity index (χ4n) is 2.92. The third-order valence-electron chi connectivity index (χ3n) is 4.49. The summed E-state index contributed by atoms with van der Waals surface area (Å²) in [5, 5.41) is 2.81. The van der Waals surface area contributed by atoms with Crippen LogP contribution >= 0.6 is 0 Å². The van der Waals surface area contributed by atoms with Crippen LogP contribution in [0.2, 0.25) is 0 Å². The van der Waals surface area contributed by atoms with E-state index in [0.29, 0.717) is 24.5 Å². The van der Waals surface area contributed by atoms with Crippen LogP contribution in [-0.2, 0) is 14.8 Å². The molecule has 0 aliphatic carbocycles. The smallest absolute Gasteiger partial charge is 0.264 e. The zero-order chi connectivity index (χ0) is 20.3. The molecular weight excluding hydrogens is 378 g/mol. The number of hydrogen-bond donors (Lipinski definition) is 1. The van der Waals surface area contributed by atoms with Crippen molar-refractivity contribution in [1.29, 1.82) is 0 Å². The number of ether oxygens (including phenoxy) is 1. The Morgan fingerprint density at radius 3 is 2.54 bits per heavy atom. The maximum Gasteiger partial charge on any atom is 0.264 e. The second-order valence-corrected chi connectivity index (χ2v) is 8.88. The predicted molar refractivity (Wildman–Crippen MR) is 108 cm³/mol. The molecule has 0 saturated heterocycles. The molecule has 2 aromatic carbocycles. The zero-order valence-corrected chi connectivity index (χ0v) is 17.1. The number of para-hydroxylation sites is 2. The van der Waals surface area contributed by atoms with E-state index in [2.05, 4.69) is 5.32 Å². The van der Waals surface area contributed by atoms with Crippen molar-refractivity contribution in [2.45, 2.75) is 17.9 Å². The van der Waals surface area contributed by atoms with Gasteiger partial charge in [-0.15, -0.1) is 0 Å². The van der Waals surface area contributed by atoms with Crippen LogP contribution in [0.25, 0.3) is 0 Å². The number of likely N-dealkylation sites (N-methyl/N-ethyl adjacent to an activating group) is 1. The van der Waals surface area contributed by atoms with E-state index in [-0.39, 0.29) is 17.3 Å². The Kier molecular flexibility index (Phi) is 5.90. The van der Waals surface area contributed by atoms with Crippen LogP contribution in [-0.4, -0.2) is 59.1 Å². The molecule has 7 nitrogen and oxygen atoms in total. The summed E-state index contributed by atoms with van der Waals surface area (Å²) in [5.41, 5.74) is 1.40. The summed E-state index contributed by atoms with van der Waals surface area (Å²) in [6, 6.07) is 13.5. The van der Waals surface area contributed by atoms with Gasteiger partial charge in [-0.1, -0.05) is 29.8 Å². The van der Waals surface area contributed by atoms with Gasteiger partial charge in [0.2, 0.25) is 0 Å². The SMILES string of the molecule is Cc1ccc(S(=O)(=O)N2C[C@H](C(=O)NCCN(C)C)Oc3ccccc32)cc1. The van der Waals surface area contributed by atoms with Gasteiger partial charge in [-0.25, -0.2) is 8.42 Å². The quantitative estimate of drug-likeness (QED) is 0.793. The molecule has 150 valence electrons. The van der Waals surface area contributed by atoms with Crippen LogP contribution in [0.15, 0.2) is 53.4 Å². The third-order valence-corrected chi connectivity index (χ3v) is 6.29. The molecule has 8 heteroatoms. The molecule has 3 rings (SSSR count). The molecule has 0 aromatic heterocycles. The van der Waals surface area contributed by atoms with E-state index in [4.69, 9.17) is 4.74 Å². The number of anilines is 1. The van der Waals surface area contributed by atoms with E-state index < -0.39 is 16.1 Å². The summed E-state index contributed by atoms with van der Waals surface area (Å²) in [6.45, 7) is 2.95. The number of aryl methyl sites for hydroxylation is 1. The minimum atomic E-state index is -3.83. The topological polar surface area (TPSA) is 79.0 Å². The average Bonchev–Trinajstić information content (AvgIpc) is 2.67. The maximum absolute atomic E-state index is 13.3. The molecule has 0 radical (unpaired) electrons. The highest BCUT2D eigenvalue weighted by Crippen LogP contribution is 2.36. The molecule has 1 N–H and O–H groups in total. The number of benzene rings is 2. The van der Waals surface area contributed by atoms with Crippen LogP contribution in [0.3, 0.4) is 0 Å². The largest absolute Gasteiger partial charge is 0.476 e. The molecule has 28 heavy (non-hydrogen) atoms. The maximum atomic E-state index is 13.3. The second-order valence-electron chi connectivity index (χ2n) is 7.02. The van der Waals surface area contributed by atoms with Crippen molar-refractivity contribution in [3.8, 4) is 5.75 Å². The number of rotatable bonds is 6. The molecule has 1 heterocycles. The van der Waals surface area contributed by atoms with Crippen LogP contribution in [0.1, 0.15) is 5.56 Å². The van der Waals surface area contributed by atoms with Crippen LogP contribution in [0, 0.1) is 6.92 Å². The van der Waals surface area contributed by atoms with Crippen LogP contribution in [0.5, 0.6) is 5.75 Å². The number of hydrogen-bond acceptors (Lipinski definition) is 5. The molecule has 1 aliphatic heterocycles. The molecule has 1 amide bonds. The number of carbonyl (C=O) groups excluding carboxylic acids is 1. The number of amides is 1. The van der Waals surface area contributed by atoms with Gasteiger partial charge in [-0.05, 0) is 45.3 Å². The van der Waals surface area contributed by atoms with E-state index in [0.717, 1.165) is 5.56 Å². The van der Waals surface area contributed by atoms with Gasteiger partial charge in [0.25, 0.3) is 15.9 Å². The lowest BCUT2D eigenvalue weighted by atomic mass is 10.2. The van der Waals surface area contributed by atoms with Gasteiger partial charge in [0.15, 0.2) is 6.10 Å². The molecular formula is C20H25N3O4S. The Bertz CT molecular complexity index is 942. The number of nitrogens with zero attached hydrogens (tertiary/aromatic N) is 2. The lowest BCUT2D eigenvalue weighted by Crippen LogP contribution is -2.51. The van der Waals surface area contributed by atoms with Crippen molar-refractivity contribution in [3.05, 3.63) is 54.1 Å². The normalized spacial score (nSPS) is 16.4. The molecule has 0 saturated carbocycles. The van der Waals surface area contributed by atoms with Crippen LogP contribution in [0.4, 0.5) is 5.69 Å². The summed E-state index contributed by atoms with van der Waals surface area (Å²) in [6.07, 6.45) is -0.919. The monoisotopic (exact) mass is 403 g/mol. The molecule has 0 fully saturated rings. The summed E-state index contributed by atoms with van der Waals surface area (Å²) < 4.78 is 33.6. The van der Waals surface area contributed by atoms with Crippen molar-refractivity contribution >= 4 is 21.6 Å². The molecule has 1 aliphatic rings. The minimum Gasteiger partial charge on any atom is -0.476 e. The van der Waals surface area contributed by atoms with Crippen molar-refractivity contribution in [3.63, 3.8) is 0 Å². The van der Waals surface area contributed by atoms with Crippen molar-refractivity contribution < 1.29 is 17.9 Å². The Balaban J connectivity index is 1.89.